The molecule has 8 nitrogen and oxygen atoms in total. The molecule has 0 heterocycles. The number of nitrogens with zero attached hydrogens (tertiary/aromatic N) is 1. The Hall–Kier alpha value is -0.500. The average molecular weight is 819 g/mol. The molecule has 0 radical (unpaired) electrons. The molecule has 336 valence electrons. The van der Waals surface area contributed by atoms with Crippen LogP contribution in [0.25, 0.3) is 0 Å². The lowest BCUT2D eigenvalue weighted by Crippen LogP contribution is -2.37. The highest BCUT2D eigenvalue weighted by atomic mass is 31.2. The number of likely N-dealkylation sites (N-methyl/N-ethyl adjacent to an activating group) is 1. The molecule has 0 amide bonds. The number of quaternary nitrogens is 1. The second-order valence-electron chi connectivity index (χ2n) is 17.9. The number of rotatable bonds is 46. The summed E-state index contributed by atoms with van der Waals surface area (Å²) < 4.78 is 35.1. The van der Waals surface area contributed by atoms with E-state index in [2.05, 4.69) is 13.8 Å². The van der Waals surface area contributed by atoms with Crippen molar-refractivity contribution in [3.05, 3.63) is 0 Å². The Morgan fingerprint density at radius 1 is 0.482 bits per heavy atom. The van der Waals surface area contributed by atoms with Crippen molar-refractivity contribution in [3.63, 3.8) is 0 Å². The first-order valence-electron chi connectivity index (χ1n) is 24.3. The summed E-state index contributed by atoms with van der Waals surface area (Å²) in [4.78, 5) is 22.9. The fourth-order valence-electron chi connectivity index (χ4n) is 7.14. The molecular formula is C47H97NO7P+. The van der Waals surface area contributed by atoms with Crippen LogP contribution in [0.3, 0.4) is 0 Å². The average Bonchev–Trinajstić information content (AvgIpc) is 3.15. The number of phosphoric acid groups is 1. The van der Waals surface area contributed by atoms with Crippen LogP contribution in [0.5, 0.6) is 0 Å². The second kappa shape index (κ2) is 41.2. The number of esters is 1. The molecule has 0 aromatic rings. The van der Waals surface area contributed by atoms with Gasteiger partial charge in [0, 0.05) is 13.0 Å². The van der Waals surface area contributed by atoms with Gasteiger partial charge in [0.25, 0.3) is 0 Å². The van der Waals surface area contributed by atoms with Crippen molar-refractivity contribution >= 4 is 13.8 Å². The minimum Gasteiger partial charge on any atom is -0.457 e. The molecule has 0 aromatic carbocycles. The molecule has 9 heteroatoms. The molecule has 0 aliphatic rings. The molecule has 0 aliphatic carbocycles. The Morgan fingerprint density at radius 3 is 1.18 bits per heavy atom. The summed E-state index contributed by atoms with van der Waals surface area (Å²) in [5.74, 6) is -0.306. The molecular weight excluding hydrogens is 721 g/mol. The maximum atomic E-state index is 12.7. The Kier molecular flexibility index (Phi) is 40.9. The minimum absolute atomic E-state index is 0.0941. The fourth-order valence-corrected chi connectivity index (χ4v) is 7.89. The standard InChI is InChI=1S/C47H96NO7P/c1-6-8-10-12-14-16-18-20-22-24-25-26-28-30-32-34-36-38-40-47(49)55-46(45-54-56(50,51)53-43-41-48(3,4)5)44-52-42-39-37-35-33-31-29-27-23-21-19-17-15-13-11-9-7-2/h46H,6-45H2,1-5H3/p+1. The summed E-state index contributed by atoms with van der Waals surface area (Å²) in [7, 11) is 1.69. The lowest BCUT2D eigenvalue weighted by Gasteiger charge is -2.24. The summed E-state index contributed by atoms with van der Waals surface area (Å²) in [6.45, 7) is 5.70. The van der Waals surface area contributed by atoms with Crippen LogP contribution < -0.4 is 0 Å². The van der Waals surface area contributed by atoms with E-state index in [1.807, 2.05) is 21.1 Å². The van der Waals surface area contributed by atoms with Gasteiger partial charge in [0.2, 0.25) is 0 Å². The van der Waals surface area contributed by atoms with Gasteiger partial charge < -0.3 is 18.9 Å². The molecule has 0 spiro atoms. The van der Waals surface area contributed by atoms with Crippen LogP contribution in [0.1, 0.15) is 239 Å². The van der Waals surface area contributed by atoms with Crippen molar-refractivity contribution in [1.29, 1.82) is 0 Å². The summed E-state index contributed by atoms with van der Waals surface area (Å²) in [5.41, 5.74) is 0. The Labute approximate surface area is 348 Å². The first-order valence-corrected chi connectivity index (χ1v) is 25.8. The molecule has 0 rings (SSSR count). The monoisotopic (exact) mass is 819 g/mol. The predicted molar refractivity (Wildman–Crippen MR) is 238 cm³/mol. The van der Waals surface area contributed by atoms with Crippen LogP contribution in [0, 0.1) is 0 Å². The third kappa shape index (κ3) is 44.6. The third-order valence-electron chi connectivity index (χ3n) is 10.9. The first-order chi connectivity index (χ1) is 27.1. The molecule has 0 aromatic heterocycles. The maximum absolute atomic E-state index is 12.7. The summed E-state index contributed by atoms with van der Waals surface area (Å²) >= 11 is 0. The lowest BCUT2D eigenvalue weighted by atomic mass is 10.0. The van der Waals surface area contributed by atoms with Crippen molar-refractivity contribution in [2.24, 2.45) is 0 Å². The van der Waals surface area contributed by atoms with Gasteiger partial charge >= 0.3 is 13.8 Å². The lowest BCUT2D eigenvalue weighted by molar-refractivity contribution is -0.870. The van der Waals surface area contributed by atoms with Gasteiger partial charge in [-0.25, -0.2) is 4.57 Å². The molecule has 2 atom stereocenters. The van der Waals surface area contributed by atoms with E-state index in [9.17, 15) is 14.3 Å². The highest BCUT2D eigenvalue weighted by Crippen LogP contribution is 2.43. The summed E-state index contributed by atoms with van der Waals surface area (Å²) in [6, 6.07) is 0. The van der Waals surface area contributed by atoms with Gasteiger partial charge in [-0.05, 0) is 12.8 Å². The molecule has 0 saturated heterocycles. The number of carbonyl (C=O) groups excluding carboxylic acids is 1. The van der Waals surface area contributed by atoms with E-state index in [1.54, 1.807) is 0 Å². The van der Waals surface area contributed by atoms with E-state index in [4.69, 9.17) is 18.5 Å². The Morgan fingerprint density at radius 2 is 0.821 bits per heavy atom. The molecule has 1 N–H and O–H groups in total. The highest BCUT2D eigenvalue weighted by molar-refractivity contribution is 7.47. The molecule has 0 saturated carbocycles. The van der Waals surface area contributed by atoms with Gasteiger partial charge in [-0.2, -0.15) is 0 Å². The van der Waals surface area contributed by atoms with Crippen LogP contribution in [0.15, 0.2) is 0 Å². The Bertz CT molecular complexity index is 868. The summed E-state index contributed by atoms with van der Waals surface area (Å²) in [5, 5.41) is 0. The van der Waals surface area contributed by atoms with E-state index in [-0.39, 0.29) is 25.8 Å². The summed E-state index contributed by atoms with van der Waals surface area (Å²) in [6.07, 6.45) is 44.2. The van der Waals surface area contributed by atoms with Crippen molar-refractivity contribution in [2.75, 3.05) is 54.1 Å². The number of hydrogen-bond acceptors (Lipinski definition) is 6. The highest BCUT2D eigenvalue weighted by Gasteiger charge is 2.26. The van der Waals surface area contributed by atoms with Crippen molar-refractivity contribution in [3.8, 4) is 0 Å². The number of unbranched alkanes of at least 4 members (excludes halogenated alkanes) is 32. The van der Waals surface area contributed by atoms with Crippen LogP contribution in [0.4, 0.5) is 0 Å². The zero-order chi connectivity index (χ0) is 41.3. The van der Waals surface area contributed by atoms with Gasteiger partial charge in [0.1, 0.15) is 19.3 Å². The van der Waals surface area contributed by atoms with Gasteiger partial charge in [0.15, 0.2) is 0 Å². The van der Waals surface area contributed by atoms with E-state index < -0.39 is 13.9 Å². The van der Waals surface area contributed by atoms with Crippen molar-refractivity contribution in [1.82, 2.24) is 0 Å². The largest absolute Gasteiger partial charge is 0.472 e. The van der Waals surface area contributed by atoms with E-state index in [0.717, 1.165) is 32.1 Å². The van der Waals surface area contributed by atoms with Gasteiger partial charge in [0.05, 0.1) is 34.4 Å². The number of hydrogen-bond donors (Lipinski definition) is 1. The van der Waals surface area contributed by atoms with Crippen LogP contribution >= 0.6 is 7.82 Å². The zero-order valence-corrected chi connectivity index (χ0v) is 39.0. The number of ether oxygens (including phenoxy) is 2. The molecule has 0 bridgehead atoms. The number of carbonyl (C=O) groups is 1. The van der Waals surface area contributed by atoms with Crippen molar-refractivity contribution in [2.45, 2.75) is 245 Å². The second-order valence-corrected chi connectivity index (χ2v) is 19.3. The van der Waals surface area contributed by atoms with Gasteiger partial charge in [-0.3, -0.25) is 13.8 Å². The van der Waals surface area contributed by atoms with Crippen LogP contribution in [0.2, 0.25) is 0 Å². The third-order valence-corrected chi connectivity index (χ3v) is 11.9. The van der Waals surface area contributed by atoms with Crippen molar-refractivity contribution < 1.29 is 37.3 Å². The minimum atomic E-state index is -4.27. The normalized spacial score (nSPS) is 13.6. The van der Waals surface area contributed by atoms with E-state index in [0.29, 0.717) is 24.1 Å². The van der Waals surface area contributed by atoms with Gasteiger partial charge in [-0.1, -0.05) is 219 Å². The SMILES string of the molecule is CCCCCCCCCCCCCCCCCCCCC(=O)OC(COCCCCCCCCCCCCCCCCCC)COP(=O)(O)OCC[N+](C)(C)C. The smallest absolute Gasteiger partial charge is 0.457 e. The van der Waals surface area contributed by atoms with Crippen LogP contribution in [-0.4, -0.2) is 75.6 Å². The number of phosphoric ester groups is 1. The molecule has 0 aliphatic heterocycles. The first kappa shape index (κ1) is 55.5. The van der Waals surface area contributed by atoms with Gasteiger partial charge in [-0.15, -0.1) is 0 Å². The quantitative estimate of drug-likeness (QED) is 0.0283. The van der Waals surface area contributed by atoms with E-state index in [1.165, 1.54) is 186 Å². The maximum Gasteiger partial charge on any atom is 0.472 e. The van der Waals surface area contributed by atoms with Crippen LogP contribution in [-0.2, 0) is 27.9 Å². The zero-order valence-electron chi connectivity index (χ0n) is 38.2. The Balaban J connectivity index is 4.12. The molecule has 56 heavy (non-hydrogen) atoms. The molecule has 2 unspecified atom stereocenters. The van der Waals surface area contributed by atoms with E-state index >= 15 is 0 Å². The molecule has 0 fully saturated rings. The topological polar surface area (TPSA) is 91.3 Å². The fraction of sp³-hybridized carbons (Fsp3) is 0.979. The predicted octanol–water partition coefficient (Wildman–Crippen LogP) is 14.4.